The molecule has 2 aliphatic heterocycles. The molecule has 2 N–H and O–H groups in total. The summed E-state index contributed by atoms with van der Waals surface area (Å²) in [5.41, 5.74) is 12.5. The molecule has 27 heteroatoms. The van der Waals surface area contributed by atoms with Gasteiger partial charge in [-0.2, -0.15) is 9.97 Å². The number of benzene rings is 9. The summed E-state index contributed by atoms with van der Waals surface area (Å²) >= 11 is 6.77. The van der Waals surface area contributed by atoms with Crippen LogP contribution in [0, 0.1) is 0 Å². The molecule has 106 heavy (non-hydrogen) atoms. The third kappa shape index (κ3) is 21.3. The first-order valence-corrected chi connectivity index (χ1v) is 39.1. The number of phosphoric acid groups is 3. The van der Waals surface area contributed by atoms with Gasteiger partial charge in [-0.1, -0.05) is 285 Å². The maximum atomic E-state index is 16.5. The maximum Gasteiger partial charge on any atom is 0.475 e. The number of nitrogens with zero attached hydrogens (tertiary/aromatic N) is 4. The SMILES string of the molecule is Nc1nc(Cl)c2ncn([C@@H]3O[C@H](COCc4ccccc4)[C@@H](O[C@H]4O[C@H](COCc5ccccc5)[C@@H](OP(=O)(OCc5ccccc5)OCc5ccccc5)[C@H](OP(=O)(OCc5ccccc5)OCc5ccccc5)[C@H]4OCc4ccccc4)[C@H]3OP(=O)(OCc3ccccc3)OCc3ccccc3)c2n1. The van der Waals surface area contributed by atoms with Crippen molar-refractivity contribution in [2.75, 3.05) is 18.9 Å². The molecule has 13 rings (SSSR count). The number of ether oxygens (including phenoxy) is 6. The molecular weight excluding hydrogens is 1440 g/mol. The van der Waals surface area contributed by atoms with Gasteiger partial charge in [0.25, 0.3) is 0 Å². The summed E-state index contributed by atoms with van der Waals surface area (Å²) in [5.74, 6) is -0.205. The van der Waals surface area contributed by atoms with E-state index in [4.69, 9.17) is 86.5 Å². The fourth-order valence-corrected chi connectivity index (χ4v) is 16.0. The Hall–Kier alpha value is -8.29. The molecule has 0 radical (unpaired) electrons. The van der Waals surface area contributed by atoms with Gasteiger partial charge in [0.1, 0.15) is 48.2 Å². The Morgan fingerprint density at radius 1 is 0.368 bits per heavy atom. The second-order valence-electron chi connectivity index (χ2n) is 24.8. The van der Waals surface area contributed by atoms with E-state index >= 15 is 13.7 Å². The van der Waals surface area contributed by atoms with Crippen molar-refractivity contribution in [2.45, 2.75) is 115 Å². The average molecular weight is 1510 g/mol. The number of fused-ring (bicyclic) bond motifs is 1. The summed E-state index contributed by atoms with van der Waals surface area (Å²) in [6.07, 6.45) is -13.1. The molecule has 0 unspecified atom stereocenters. The molecule has 2 aromatic heterocycles. The minimum Gasteiger partial charge on any atom is -0.374 e. The third-order valence-electron chi connectivity index (χ3n) is 17.1. The van der Waals surface area contributed by atoms with E-state index in [9.17, 15) is 0 Å². The molecule has 0 amide bonds. The standard InChI is InChI=1S/C79H79ClN5O18P3/c80-75-69-76(84-79(81)83-75)85(57-82-69)77-73(103-106(88,96-53-65-42-24-8-25-43-65)97-54-66-44-26-9-27-45-66)70(67(98-77)55-89-46-58-28-10-1-11-29-58)100-78-74(91-48-60-32-14-3-15-33-60)72(102-105(87,94-51-63-38-20-6-21-39-63)95-52-64-40-22-7-23-41-64)71(68(99-78)56-90-47-59-30-12-2-13-31-59)101-104(86,92-49-61-34-16-4-17-35-61)93-50-62-36-18-5-19-37-62/h1-45,57,67-68,70-74,77-78H,46-56H2,(H2,81,83,84)/t67-,68-,70-,71-,72+,73-,74-,77-,78-/m1/s1. The maximum absolute atomic E-state index is 16.5. The zero-order chi connectivity index (χ0) is 72.8. The van der Waals surface area contributed by atoms with Crippen LogP contribution in [-0.2, 0) is 142 Å². The normalized spacial score (nSPS) is 19.9. The van der Waals surface area contributed by atoms with E-state index in [-0.39, 0.29) is 88.3 Å². The van der Waals surface area contributed by atoms with Crippen LogP contribution in [0.25, 0.3) is 11.2 Å². The van der Waals surface area contributed by atoms with Crippen LogP contribution < -0.4 is 5.73 Å². The van der Waals surface area contributed by atoms with E-state index < -0.39 is 85.3 Å². The van der Waals surface area contributed by atoms with E-state index in [1.54, 1.807) is 97.1 Å². The van der Waals surface area contributed by atoms with Gasteiger partial charge in [0.05, 0.1) is 79.0 Å². The van der Waals surface area contributed by atoms with E-state index in [0.717, 1.165) is 11.1 Å². The van der Waals surface area contributed by atoms with Crippen molar-refractivity contribution >= 4 is 52.2 Å². The molecule has 0 saturated carbocycles. The molecule has 23 nitrogen and oxygen atoms in total. The molecule has 2 aliphatic rings. The molecule has 0 spiro atoms. The fourth-order valence-electron chi connectivity index (χ4n) is 11.7. The lowest BCUT2D eigenvalue weighted by Gasteiger charge is -2.47. The van der Waals surface area contributed by atoms with Gasteiger partial charge in [0, 0.05) is 0 Å². The highest BCUT2D eigenvalue weighted by molar-refractivity contribution is 7.49. The smallest absolute Gasteiger partial charge is 0.374 e. The number of nitrogens with two attached hydrogens (primary N) is 1. The van der Waals surface area contributed by atoms with Crippen molar-refractivity contribution in [1.29, 1.82) is 0 Å². The largest absolute Gasteiger partial charge is 0.475 e. The van der Waals surface area contributed by atoms with Gasteiger partial charge in [-0.05, 0) is 50.1 Å². The minimum atomic E-state index is -5.05. The topological polar surface area (TPSA) is 259 Å². The molecular formula is C79H79ClN5O18P3. The zero-order valence-electron chi connectivity index (χ0n) is 57.5. The Labute approximate surface area is 619 Å². The van der Waals surface area contributed by atoms with Crippen molar-refractivity contribution < 1.29 is 82.8 Å². The van der Waals surface area contributed by atoms with Crippen molar-refractivity contribution in [1.82, 2.24) is 19.5 Å². The number of hydrogen-bond acceptors (Lipinski definition) is 22. The fraction of sp³-hybridized carbons (Fsp3) is 0.253. The van der Waals surface area contributed by atoms with Crippen LogP contribution in [0.1, 0.15) is 56.3 Å². The first-order valence-electron chi connectivity index (χ1n) is 34.3. The van der Waals surface area contributed by atoms with Gasteiger partial charge in [0.15, 0.2) is 23.3 Å². The van der Waals surface area contributed by atoms with Crippen LogP contribution in [0.3, 0.4) is 0 Å². The number of aromatic nitrogens is 4. The van der Waals surface area contributed by atoms with Gasteiger partial charge < -0.3 is 34.2 Å². The Bertz CT molecular complexity index is 4490. The molecule has 2 fully saturated rings. The highest BCUT2D eigenvalue weighted by Crippen LogP contribution is 2.60. The summed E-state index contributed by atoms with van der Waals surface area (Å²) in [6, 6.07) is 82.3. The zero-order valence-corrected chi connectivity index (χ0v) is 60.9. The molecule has 11 aromatic rings. The van der Waals surface area contributed by atoms with Crippen molar-refractivity contribution in [3.05, 3.63) is 335 Å². The summed E-state index contributed by atoms with van der Waals surface area (Å²) in [5, 5.41) is -0.0778. The molecule has 9 atom stereocenters. The predicted octanol–water partition coefficient (Wildman–Crippen LogP) is 16.9. The molecule has 550 valence electrons. The van der Waals surface area contributed by atoms with Gasteiger partial charge in [-0.25, -0.2) is 18.7 Å². The lowest BCUT2D eigenvalue weighted by Crippen LogP contribution is -2.62. The molecule has 0 aliphatic carbocycles. The number of imidazole rings is 1. The Morgan fingerprint density at radius 2 is 0.679 bits per heavy atom. The van der Waals surface area contributed by atoms with Gasteiger partial charge in [0.2, 0.25) is 5.95 Å². The number of phosphoric ester groups is 3. The highest BCUT2D eigenvalue weighted by Gasteiger charge is 2.59. The van der Waals surface area contributed by atoms with Crippen molar-refractivity contribution in [3.8, 4) is 0 Å². The Balaban J connectivity index is 0.982. The first-order chi connectivity index (χ1) is 51.9. The number of anilines is 1. The quantitative estimate of drug-likeness (QED) is 0.0278. The number of hydrogen-bond donors (Lipinski definition) is 1. The lowest BCUT2D eigenvalue weighted by molar-refractivity contribution is -0.325. The second-order valence-corrected chi connectivity index (χ2v) is 30.0. The number of nitrogen functional groups attached to an aromatic ring is 1. The Kier molecular flexibility index (Phi) is 26.9. The van der Waals surface area contributed by atoms with Gasteiger partial charge in [-0.15, -0.1) is 0 Å². The summed E-state index contributed by atoms with van der Waals surface area (Å²) in [7, 11) is -14.9. The van der Waals surface area contributed by atoms with Gasteiger partial charge in [-0.3, -0.25) is 45.3 Å². The third-order valence-corrected chi connectivity index (χ3v) is 21.5. The van der Waals surface area contributed by atoms with E-state index in [0.29, 0.717) is 38.9 Å². The number of rotatable bonds is 38. The highest BCUT2D eigenvalue weighted by atomic mass is 35.5. The van der Waals surface area contributed by atoms with E-state index in [2.05, 4.69) is 15.0 Å². The van der Waals surface area contributed by atoms with E-state index in [1.807, 2.05) is 176 Å². The van der Waals surface area contributed by atoms with E-state index in [1.165, 1.54) is 10.9 Å². The van der Waals surface area contributed by atoms with Crippen LogP contribution in [-0.4, -0.2) is 81.8 Å². The van der Waals surface area contributed by atoms with Crippen LogP contribution in [0.5, 0.6) is 0 Å². The number of halogens is 1. The first kappa shape index (κ1) is 75.9. The van der Waals surface area contributed by atoms with Crippen molar-refractivity contribution in [2.24, 2.45) is 0 Å². The molecule has 9 aromatic carbocycles. The summed E-state index contributed by atoms with van der Waals surface area (Å²) in [4.78, 5) is 13.4. The van der Waals surface area contributed by atoms with Crippen LogP contribution in [0.4, 0.5) is 5.95 Å². The Morgan fingerprint density at radius 3 is 1.04 bits per heavy atom. The van der Waals surface area contributed by atoms with Crippen LogP contribution >= 0.6 is 35.1 Å². The van der Waals surface area contributed by atoms with Crippen LogP contribution in [0.15, 0.2) is 279 Å². The predicted molar refractivity (Wildman–Crippen MR) is 394 cm³/mol. The monoisotopic (exact) mass is 1510 g/mol. The summed E-state index contributed by atoms with van der Waals surface area (Å²) < 4.78 is 153. The van der Waals surface area contributed by atoms with Crippen LogP contribution in [0.2, 0.25) is 5.15 Å². The molecule has 2 saturated heterocycles. The van der Waals surface area contributed by atoms with Gasteiger partial charge >= 0.3 is 23.5 Å². The minimum absolute atomic E-state index is 0.0109. The molecule has 4 heterocycles. The molecule has 0 bridgehead atoms. The van der Waals surface area contributed by atoms with Crippen molar-refractivity contribution in [3.63, 3.8) is 0 Å². The average Bonchev–Trinajstić information content (AvgIpc) is 1.58. The lowest BCUT2D eigenvalue weighted by atomic mass is 9.98. The summed E-state index contributed by atoms with van der Waals surface area (Å²) in [6.45, 7) is -2.44. The second kappa shape index (κ2) is 37.5.